The van der Waals surface area contributed by atoms with Crippen LogP contribution < -0.4 is 14.2 Å². The first-order chi connectivity index (χ1) is 17.3. The van der Waals surface area contributed by atoms with E-state index in [4.69, 9.17) is 26.4 Å². The summed E-state index contributed by atoms with van der Waals surface area (Å²) in [6.45, 7) is 2.33. The van der Waals surface area contributed by atoms with Crippen molar-refractivity contribution >= 4 is 52.2 Å². The van der Waals surface area contributed by atoms with E-state index in [2.05, 4.69) is 0 Å². The van der Waals surface area contributed by atoms with Gasteiger partial charge in [-0.15, -0.1) is 0 Å². The number of thiocarbonyl (C=S) groups is 1. The van der Waals surface area contributed by atoms with Crippen molar-refractivity contribution < 1.29 is 38.8 Å². The maximum absolute atomic E-state index is 13.1. The Morgan fingerprint density at radius 3 is 2.50 bits per heavy atom. The molecule has 0 bridgehead atoms. The van der Waals surface area contributed by atoms with Crippen LogP contribution in [0.4, 0.5) is 0 Å². The molecule has 2 aromatic rings. The van der Waals surface area contributed by atoms with Crippen LogP contribution in [0.5, 0.6) is 17.2 Å². The summed E-state index contributed by atoms with van der Waals surface area (Å²) in [7, 11) is 0. The van der Waals surface area contributed by atoms with Crippen molar-refractivity contribution in [2.45, 2.75) is 32.4 Å². The number of hydrogen-bond donors (Lipinski definition) is 2. The van der Waals surface area contributed by atoms with Crippen LogP contribution in [0.3, 0.4) is 0 Å². The molecule has 0 saturated carbocycles. The van der Waals surface area contributed by atoms with Gasteiger partial charge in [-0.2, -0.15) is 0 Å². The SMILES string of the molecule is CCCC(C(C(=O)O)C(=O)O)N1C(=O)/C(=C\c2ccc(OCc3ccc4c(c3)OCO4)cc2)SC1=S. The van der Waals surface area contributed by atoms with Gasteiger partial charge >= 0.3 is 11.9 Å². The Bertz CT molecular complexity index is 1210. The first kappa shape index (κ1) is 25.5. The Kier molecular flexibility index (Phi) is 7.80. The fourth-order valence-corrected chi connectivity index (χ4v) is 5.32. The molecule has 2 aliphatic rings. The number of amides is 1. The Balaban J connectivity index is 1.45. The zero-order valence-electron chi connectivity index (χ0n) is 19.2. The van der Waals surface area contributed by atoms with Gasteiger partial charge < -0.3 is 24.4 Å². The summed E-state index contributed by atoms with van der Waals surface area (Å²) < 4.78 is 16.7. The lowest BCUT2D eigenvalue weighted by Crippen LogP contribution is -2.48. The second-order valence-electron chi connectivity index (χ2n) is 8.11. The van der Waals surface area contributed by atoms with Gasteiger partial charge in [0.15, 0.2) is 17.4 Å². The van der Waals surface area contributed by atoms with E-state index in [0.29, 0.717) is 40.7 Å². The Morgan fingerprint density at radius 1 is 1.14 bits per heavy atom. The molecule has 0 radical (unpaired) electrons. The maximum atomic E-state index is 13.1. The number of thioether (sulfide) groups is 1. The predicted octanol–water partition coefficient (Wildman–Crippen LogP) is 4.15. The summed E-state index contributed by atoms with van der Waals surface area (Å²) >= 11 is 6.35. The average molecular weight is 530 g/mol. The largest absolute Gasteiger partial charge is 0.489 e. The molecule has 1 saturated heterocycles. The number of aliphatic carboxylic acids is 2. The molecule has 0 aromatic heterocycles. The lowest BCUT2D eigenvalue weighted by Gasteiger charge is -2.29. The van der Waals surface area contributed by atoms with E-state index in [-0.39, 0.29) is 17.5 Å². The minimum Gasteiger partial charge on any atom is -0.489 e. The third-order valence-electron chi connectivity index (χ3n) is 5.68. The van der Waals surface area contributed by atoms with Gasteiger partial charge in [0.05, 0.1) is 10.9 Å². The molecular formula is C25H23NO8S2. The minimum absolute atomic E-state index is 0.140. The van der Waals surface area contributed by atoms with Gasteiger partial charge in [-0.1, -0.05) is 55.5 Å². The van der Waals surface area contributed by atoms with Crippen LogP contribution in [0.15, 0.2) is 47.4 Å². The molecule has 11 heteroatoms. The van der Waals surface area contributed by atoms with Crippen molar-refractivity contribution in [1.29, 1.82) is 0 Å². The average Bonchev–Trinajstić information content (AvgIpc) is 3.41. The number of fused-ring (bicyclic) bond motifs is 1. The quantitative estimate of drug-likeness (QED) is 0.264. The Labute approximate surface area is 216 Å². The highest BCUT2D eigenvalue weighted by molar-refractivity contribution is 8.26. The van der Waals surface area contributed by atoms with E-state index in [1.807, 2.05) is 18.2 Å². The van der Waals surface area contributed by atoms with Crippen LogP contribution >= 0.6 is 24.0 Å². The van der Waals surface area contributed by atoms with E-state index < -0.39 is 29.8 Å². The standard InChI is InChI=1S/C25H23NO8S2/c1-2-3-17(21(23(28)29)24(30)31)26-22(27)20(36-25(26)35)11-14-4-7-16(8-5-14)32-12-15-6-9-18-19(10-15)34-13-33-18/h4-11,17,21H,2-3,12-13H2,1H3,(H,28,29)(H,30,31)/b20-11+. The maximum Gasteiger partial charge on any atom is 0.320 e. The normalized spacial score (nSPS) is 16.6. The van der Waals surface area contributed by atoms with Gasteiger partial charge in [-0.05, 0) is 47.9 Å². The summed E-state index contributed by atoms with van der Waals surface area (Å²) in [5.74, 6) is -3.26. The second-order valence-corrected chi connectivity index (χ2v) is 9.78. The predicted molar refractivity (Wildman–Crippen MR) is 136 cm³/mol. The highest BCUT2D eigenvalue weighted by Crippen LogP contribution is 2.37. The lowest BCUT2D eigenvalue weighted by atomic mass is 9.94. The molecule has 36 heavy (non-hydrogen) atoms. The van der Waals surface area contributed by atoms with Gasteiger partial charge in [0.1, 0.15) is 16.7 Å². The van der Waals surface area contributed by atoms with Crippen LogP contribution in [0.25, 0.3) is 6.08 Å². The van der Waals surface area contributed by atoms with Crippen LogP contribution in [0.2, 0.25) is 0 Å². The Hall–Kier alpha value is -3.57. The molecule has 2 aromatic carbocycles. The molecule has 9 nitrogen and oxygen atoms in total. The summed E-state index contributed by atoms with van der Waals surface area (Å²) in [6.07, 6.45) is 2.32. The van der Waals surface area contributed by atoms with Gasteiger partial charge in [0.2, 0.25) is 6.79 Å². The second kappa shape index (κ2) is 11.0. The third kappa shape index (κ3) is 5.47. The highest BCUT2D eigenvalue weighted by atomic mass is 32.2. The fourth-order valence-electron chi connectivity index (χ4n) is 3.95. The zero-order chi connectivity index (χ0) is 25.8. The minimum atomic E-state index is -1.77. The van der Waals surface area contributed by atoms with Crippen molar-refractivity contribution in [3.8, 4) is 17.2 Å². The summed E-state index contributed by atoms with van der Waals surface area (Å²) in [5.41, 5.74) is 1.64. The molecule has 2 aliphatic heterocycles. The highest BCUT2D eigenvalue weighted by Gasteiger charge is 2.45. The van der Waals surface area contributed by atoms with Gasteiger partial charge in [-0.25, -0.2) is 0 Å². The molecule has 1 fully saturated rings. The topological polar surface area (TPSA) is 123 Å². The van der Waals surface area contributed by atoms with E-state index in [9.17, 15) is 24.6 Å². The van der Waals surface area contributed by atoms with Crippen molar-refractivity contribution in [3.05, 3.63) is 58.5 Å². The smallest absolute Gasteiger partial charge is 0.320 e. The van der Waals surface area contributed by atoms with E-state index >= 15 is 0 Å². The first-order valence-electron chi connectivity index (χ1n) is 11.1. The molecule has 2 heterocycles. The van der Waals surface area contributed by atoms with Crippen molar-refractivity contribution in [1.82, 2.24) is 4.90 Å². The van der Waals surface area contributed by atoms with Crippen LogP contribution in [-0.4, -0.2) is 50.1 Å². The van der Waals surface area contributed by atoms with Crippen LogP contribution in [0.1, 0.15) is 30.9 Å². The molecule has 1 unspecified atom stereocenters. The monoisotopic (exact) mass is 529 g/mol. The molecule has 1 amide bonds. The van der Waals surface area contributed by atoms with Crippen LogP contribution in [-0.2, 0) is 21.0 Å². The van der Waals surface area contributed by atoms with Gasteiger partial charge in [0, 0.05) is 0 Å². The van der Waals surface area contributed by atoms with Gasteiger partial charge in [0.25, 0.3) is 5.91 Å². The first-order valence-corrected chi connectivity index (χ1v) is 12.3. The number of carboxylic acid groups (broad SMARTS) is 2. The number of rotatable bonds is 10. The molecule has 0 aliphatic carbocycles. The van der Waals surface area contributed by atoms with Gasteiger partial charge in [-0.3, -0.25) is 19.3 Å². The van der Waals surface area contributed by atoms with E-state index in [0.717, 1.165) is 22.2 Å². The number of carbonyl (C=O) groups excluding carboxylic acids is 1. The Morgan fingerprint density at radius 2 is 1.83 bits per heavy atom. The van der Waals surface area contributed by atoms with E-state index in [1.165, 1.54) is 0 Å². The van der Waals surface area contributed by atoms with Crippen molar-refractivity contribution in [3.63, 3.8) is 0 Å². The lowest BCUT2D eigenvalue weighted by molar-refractivity contribution is -0.157. The number of carboxylic acids is 2. The molecule has 188 valence electrons. The summed E-state index contributed by atoms with van der Waals surface area (Å²) in [4.78, 5) is 37.8. The summed E-state index contributed by atoms with van der Waals surface area (Å²) in [6, 6.07) is 11.6. The molecule has 2 N–H and O–H groups in total. The number of hydrogen-bond acceptors (Lipinski definition) is 8. The third-order valence-corrected chi connectivity index (χ3v) is 7.01. The van der Waals surface area contributed by atoms with Crippen molar-refractivity contribution in [2.75, 3.05) is 6.79 Å². The molecule has 0 spiro atoms. The number of benzene rings is 2. The fraction of sp³-hybridized carbons (Fsp3) is 0.280. The van der Waals surface area contributed by atoms with Crippen molar-refractivity contribution in [2.24, 2.45) is 5.92 Å². The summed E-state index contributed by atoms with van der Waals surface area (Å²) in [5, 5.41) is 18.9. The number of ether oxygens (including phenoxy) is 3. The number of carbonyl (C=O) groups is 3. The zero-order valence-corrected chi connectivity index (χ0v) is 20.8. The molecule has 4 rings (SSSR count). The molecular weight excluding hydrogens is 506 g/mol. The number of nitrogens with zero attached hydrogens (tertiary/aromatic N) is 1. The van der Waals surface area contributed by atoms with E-state index in [1.54, 1.807) is 37.3 Å². The van der Waals surface area contributed by atoms with Crippen LogP contribution in [0, 0.1) is 5.92 Å². The molecule has 1 atom stereocenters.